The first kappa shape index (κ1) is 14.6. The third kappa shape index (κ3) is 4.71. The molecule has 0 radical (unpaired) electrons. The van der Waals surface area contributed by atoms with Crippen molar-refractivity contribution in [2.45, 2.75) is 32.1 Å². The maximum absolute atomic E-state index is 12.1. The van der Waals surface area contributed by atoms with E-state index in [2.05, 4.69) is 17.2 Å². The Kier molecular flexibility index (Phi) is 5.64. The van der Waals surface area contributed by atoms with Crippen LogP contribution in [0.15, 0.2) is 24.3 Å². The Labute approximate surface area is 120 Å². The second-order valence-electron chi connectivity index (χ2n) is 5.16. The molecule has 20 heavy (non-hydrogen) atoms. The highest BCUT2D eigenvalue weighted by Crippen LogP contribution is 2.33. The average Bonchev–Trinajstić information content (AvgIpc) is 3.28. The van der Waals surface area contributed by atoms with E-state index in [9.17, 15) is 4.79 Å². The summed E-state index contributed by atoms with van der Waals surface area (Å²) in [4.78, 5) is 12.1. The topological polar surface area (TPSA) is 49.3 Å². The van der Waals surface area contributed by atoms with E-state index in [-0.39, 0.29) is 12.5 Å². The number of amides is 1. The molecule has 0 aliphatic heterocycles. The molecule has 0 spiro atoms. The second kappa shape index (κ2) is 7.72. The molecular weight excluding hydrogens is 250 g/mol. The number of hydrogen-bond donors (Lipinski definition) is 2. The zero-order valence-corrected chi connectivity index (χ0v) is 11.7. The largest absolute Gasteiger partial charge is 0.395 e. The molecule has 0 heterocycles. The van der Waals surface area contributed by atoms with Gasteiger partial charge >= 0.3 is 0 Å². The van der Waals surface area contributed by atoms with Gasteiger partial charge in [-0.15, -0.1) is 0 Å². The highest BCUT2D eigenvalue weighted by Gasteiger charge is 2.20. The molecule has 0 unspecified atom stereocenters. The van der Waals surface area contributed by atoms with Gasteiger partial charge in [-0.3, -0.25) is 4.79 Å². The van der Waals surface area contributed by atoms with Gasteiger partial charge in [0.25, 0.3) is 5.91 Å². The fraction of sp³-hybridized carbons (Fsp3) is 0.471. The fourth-order valence-corrected chi connectivity index (χ4v) is 2.10. The molecule has 0 saturated heterocycles. The van der Waals surface area contributed by atoms with Crippen LogP contribution in [0.2, 0.25) is 0 Å². The zero-order chi connectivity index (χ0) is 14.2. The van der Waals surface area contributed by atoms with Crippen molar-refractivity contribution in [3.8, 4) is 11.8 Å². The van der Waals surface area contributed by atoms with Crippen LogP contribution < -0.4 is 5.32 Å². The first-order valence-electron chi connectivity index (χ1n) is 7.28. The summed E-state index contributed by atoms with van der Waals surface area (Å²) in [5, 5.41) is 11.7. The van der Waals surface area contributed by atoms with Crippen LogP contribution in [-0.4, -0.2) is 24.2 Å². The Morgan fingerprint density at radius 1 is 1.35 bits per heavy atom. The van der Waals surface area contributed by atoms with Crippen LogP contribution in [0.5, 0.6) is 0 Å². The van der Waals surface area contributed by atoms with Crippen LogP contribution in [0.1, 0.15) is 48.0 Å². The van der Waals surface area contributed by atoms with E-state index in [4.69, 9.17) is 5.11 Å². The first-order chi connectivity index (χ1) is 9.81. The summed E-state index contributed by atoms with van der Waals surface area (Å²) in [6, 6.07) is 7.34. The van der Waals surface area contributed by atoms with Crippen LogP contribution in [0.4, 0.5) is 0 Å². The summed E-state index contributed by atoms with van der Waals surface area (Å²) in [5.74, 6) is 6.65. The fourth-order valence-electron chi connectivity index (χ4n) is 2.10. The summed E-state index contributed by atoms with van der Waals surface area (Å²) in [5.41, 5.74) is 1.34. The predicted octanol–water partition coefficient (Wildman–Crippen LogP) is 2.34. The van der Waals surface area contributed by atoms with Gasteiger partial charge in [-0.2, -0.15) is 0 Å². The number of carbonyl (C=O) groups is 1. The molecule has 0 aromatic heterocycles. The normalized spacial score (nSPS) is 13.4. The Balaban J connectivity index is 1.89. The minimum Gasteiger partial charge on any atom is -0.395 e. The van der Waals surface area contributed by atoms with Crippen molar-refractivity contribution in [2.75, 3.05) is 13.2 Å². The molecule has 0 atom stereocenters. The molecule has 1 aromatic carbocycles. The van der Waals surface area contributed by atoms with E-state index in [1.165, 1.54) is 19.3 Å². The first-order valence-corrected chi connectivity index (χ1v) is 7.28. The minimum atomic E-state index is -0.0605. The summed E-state index contributed by atoms with van der Waals surface area (Å²) in [6.45, 7) is 0.774. The molecule has 1 amide bonds. The monoisotopic (exact) mass is 271 g/mol. The van der Waals surface area contributed by atoms with E-state index in [0.717, 1.165) is 24.4 Å². The van der Waals surface area contributed by atoms with Crippen molar-refractivity contribution in [1.82, 2.24) is 5.32 Å². The molecular formula is C17H21NO2. The van der Waals surface area contributed by atoms with Crippen LogP contribution >= 0.6 is 0 Å². The standard InChI is InChI=1S/C17H21NO2/c19-13-4-3-8-15-7-1-2-9-16(15)17(20)18-12-5-6-14-10-11-14/h1-2,7,9,14,19H,4-6,10-13H2,(H,18,20). The molecule has 1 aliphatic carbocycles. The van der Waals surface area contributed by atoms with Crippen LogP contribution in [0, 0.1) is 17.8 Å². The van der Waals surface area contributed by atoms with Gasteiger partial charge in [0, 0.05) is 18.5 Å². The van der Waals surface area contributed by atoms with Gasteiger partial charge in [-0.25, -0.2) is 0 Å². The lowest BCUT2D eigenvalue weighted by atomic mass is 10.1. The molecule has 0 bridgehead atoms. The SMILES string of the molecule is O=C(NCCCC1CC1)c1ccccc1C#CCCO. The van der Waals surface area contributed by atoms with E-state index in [1.54, 1.807) is 6.07 Å². The van der Waals surface area contributed by atoms with Gasteiger partial charge in [-0.1, -0.05) is 36.8 Å². The number of aliphatic hydroxyl groups excluding tert-OH is 1. The maximum Gasteiger partial charge on any atom is 0.252 e. The molecule has 1 fully saturated rings. The Morgan fingerprint density at radius 3 is 2.90 bits per heavy atom. The van der Waals surface area contributed by atoms with Gasteiger partial charge in [0.15, 0.2) is 0 Å². The van der Waals surface area contributed by atoms with Crippen LogP contribution in [0.25, 0.3) is 0 Å². The molecule has 2 N–H and O–H groups in total. The summed E-state index contributed by atoms with van der Waals surface area (Å²) in [6.07, 6.45) is 5.42. The highest BCUT2D eigenvalue weighted by atomic mass is 16.2. The number of carbonyl (C=O) groups excluding carboxylic acids is 1. The minimum absolute atomic E-state index is 0.0442. The number of benzene rings is 1. The lowest BCUT2D eigenvalue weighted by Crippen LogP contribution is -2.25. The number of nitrogens with one attached hydrogen (secondary N) is 1. The number of hydrogen-bond acceptors (Lipinski definition) is 2. The molecule has 106 valence electrons. The van der Waals surface area contributed by atoms with Gasteiger partial charge in [0.2, 0.25) is 0 Å². The number of aliphatic hydroxyl groups is 1. The quantitative estimate of drug-likeness (QED) is 0.616. The van der Waals surface area contributed by atoms with Crippen molar-refractivity contribution in [1.29, 1.82) is 0 Å². The van der Waals surface area contributed by atoms with E-state index in [1.807, 2.05) is 18.2 Å². The van der Waals surface area contributed by atoms with Crippen LogP contribution in [-0.2, 0) is 0 Å². The van der Waals surface area contributed by atoms with Crippen molar-refractivity contribution >= 4 is 5.91 Å². The summed E-state index contributed by atoms with van der Waals surface area (Å²) in [7, 11) is 0. The third-order valence-electron chi connectivity index (χ3n) is 3.40. The Morgan fingerprint density at radius 2 is 2.15 bits per heavy atom. The molecule has 1 aliphatic rings. The van der Waals surface area contributed by atoms with Gasteiger partial charge in [0.05, 0.1) is 12.2 Å². The Hall–Kier alpha value is -1.79. The average molecular weight is 271 g/mol. The molecule has 3 nitrogen and oxygen atoms in total. The summed E-state index contributed by atoms with van der Waals surface area (Å²) < 4.78 is 0. The van der Waals surface area contributed by atoms with Gasteiger partial charge in [-0.05, 0) is 30.9 Å². The predicted molar refractivity (Wildman–Crippen MR) is 79.3 cm³/mol. The van der Waals surface area contributed by atoms with Crippen molar-refractivity contribution in [3.63, 3.8) is 0 Å². The summed E-state index contributed by atoms with van der Waals surface area (Å²) >= 11 is 0. The molecule has 1 saturated carbocycles. The van der Waals surface area contributed by atoms with Crippen molar-refractivity contribution in [2.24, 2.45) is 5.92 Å². The molecule has 3 heteroatoms. The third-order valence-corrected chi connectivity index (χ3v) is 3.40. The second-order valence-corrected chi connectivity index (χ2v) is 5.16. The van der Waals surface area contributed by atoms with E-state index < -0.39 is 0 Å². The van der Waals surface area contributed by atoms with Crippen molar-refractivity contribution in [3.05, 3.63) is 35.4 Å². The van der Waals surface area contributed by atoms with Crippen molar-refractivity contribution < 1.29 is 9.90 Å². The number of rotatable bonds is 6. The lowest BCUT2D eigenvalue weighted by Gasteiger charge is -2.06. The van der Waals surface area contributed by atoms with E-state index >= 15 is 0 Å². The Bertz CT molecular complexity index is 509. The lowest BCUT2D eigenvalue weighted by molar-refractivity contribution is 0.0952. The molecule has 2 rings (SSSR count). The van der Waals surface area contributed by atoms with Crippen LogP contribution in [0.3, 0.4) is 0 Å². The molecule has 1 aromatic rings. The smallest absolute Gasteiger partial charge is 0.252 e. The van der Waals surface area contributed by atoms with E-state index in [0.29, 0.717) is 12.0 Å². The maximum atomic E-state index is 12.1. The van der Waals surface area contributed by atoms with Gasteiger partial charge < -0.3 is 10.4 Å². The highest BCUT2D eigenvalue weighted by molar-refractivity contribution is 5.96. The zero-order valence-electron chi connectivity index (χ0n) is 11.7. The van der Waals surface area contributed by atoms with Gasteiger partial charge in [0.1, 0.15) is 0 Å².